The first-order valence-corrected chi connectivity index (χ1v) is 9.25. The van der Waals surface area contributed by atoms with E-state index in [1.54, 1.807) is 13.4 Å². The van der Waals surface area contributed by atoms with Gasteiger partial charge in [0.05, 0.1) is 25.1 Å². The van der Waals surface area contributed by atoms with Crippen molar-refractivity contribution in [3.8, 4) is 17.2 Å². The average molecular weight is 405 g/mol. The number of oxazole rings is 1. The second-order valence-electron chi connectivity index (χ2n) is 7.40. The van der Waals surface area contributed by atoms with Gasteiger partial charge in [0, 0.05) is 11.1 Å². The van der Waals surface area contributed by atoms with E-state index in [1.807, 2.05) is 24.3 Å². The van der Waals surface area contributed by atoms with Gasteiger partial charge in [0.25, 0.3) is 0 Å². The van der Waals surface area contributed by atoms with E-state index in [0.717, 1.165) is 42.7 Å². The third-order valence-corrected chi connectivity index (χ3v) is 5.26. The zero-order valence-electron chi connectivity index (χ0n) is 16.1. The molecule has 2 N–H and O–H groups in total. The van der Waals surface area contributed by atoms with Crippen LogP contribution in [0.3, 0.4) is 0 Å². The number of hydrogen-bond acceptors (Lipinski definition) is 7. The summed E-state index contributed by atoms with van der Waals surface area (Å²) in [5, 5.41) is 4.12. The van der Waals surface area contributed by atoms with E-state index in [2.05, 4.69) is 22.0 Å². The normalized spacial score (nSPS) is 21.9. The van der Waals surface area contributed by atoms with Crippen molar-refractivity contribution in [1.29, 1.82) is 0 Å². The molecule has 3 aromatic rings. The standard InChI is InChI=1S/C20H24N4O3.ClH/c1-20(21)10-4-3-5-16(20)19-23-17(24-27-19)11-14-12-26-18(22-14)13-6-8-15(25-2)9-7-13;/h6-9,12,16H,3-5,10-11,21H2,1-2H3;1H. The number of aromatic nitrogens is 3. The van der Waals surface area contributed by atoms with Gasteiger partial charge < -0.3 is 19.4 Å². The number of benzene rings is 1. The third kappa shape index (κ3) is 4.20. The van der Waals surface area contributed by atoms with Crippen molar-refractivity contribution in [3.63, 3.8) is 0 Å². The molecule has 1 aromatic carbocycles. The molecule has 2 atom stereocenters. The van der Waals surface area contributed by atoms with Crippen molar-refractivity contribution in [2.24, 2.45) is 5.73 Å². The fraction of sp³-hybridized carbons (Fsp3) is 0.450. The summed E-state index contributed by atoms with van der Waals surface area (Å²) in [6.07, 6.45) is 6.34. The molecule has 1 fully saturated rings. The fourth-order valence-corrected chi connectivity index (χ4v) is 3.66. The molecule has 2 unspecified atom stereocenters. The molecule has 28 heavy (non-hydrogen) atoms. The highest BCUT2D eigenvalue weighted by Gasteiger charge is 2.37. The molecular formula is C20H25ClN4O3. The van der Waals surface area contributed by atoms with Crippen molar-refractivity contribution in [2.75, 3.05) is 7.11 Å². The number of nitrogens with zero attached hydrogens (tertiary/aromatic N) is 3. The fourth-order valence-electron chi connectivity index (χ4n) is 3.66. The average Bonchev–Trinajstić information content (AvgIpc) is 3.32. The zero-order chi connectivity index (χ0) is 18.9. The number of methoxy groups -OCH3 is 1. The zero-order valence-corrected chi connectivity index (χ0v) is 16.9. The predicted molar refractivity (Wildman–Crippen MR) is 107 cm³/mol. The lowest BCUT2D eigenvalue weighted by Crippen LogP contribution is -2.44. The molecule has 7 nitrogen and oxygen atoms in total. The molecule has 2 aromatic heterocycles. The largest absolute Gasteiger partial charge is 0.497 e. The van der Waals surface area contributed by atoms with Crippen LogP contribution in [0.15, 0.2) is 39.5 Å². The first kappa shape index (κ1) is 20.4. The van der Waals surface area contributed by atoms with Crippen LogP contribution in [-0.2, 0) is 6.42 Å². The van der Waals surface area contributed by atoms with E-state index in [1.165, 1.54) is 0 Å². The van der Waals surface area contributed by atoms with Crippen LogP contribution in [0, 0.1) is 0 Å². The molecule has 0 saturated heterocycles. The molecule has 0 bridgehead atoms. The summed E-state index contributed by atoms with van der Waals surface area (Å²) in [4.78, 5) is 9.10. The maximum atomic E-state index is 6.44. The van der Waals surface area contributed by atoms with Gasteiger partial charge in [0.1, 0.15) is 12.0 Å². The molecule has 1 aliphatic rings. The molecule has 8 heteroatoms. The second-order valence-corrected chi connectivity index (χ2v) is 7.40. The van der Waals surface area contributed by atoms with E-state index < -0.39 is 0 Å². The Kier molecular flexibility index (Phi) is 6.05. The smallest absolute Gasteiger partial charge is 0.231 e. The summed E-state index contributed by atoms with van der Waals surface area (Å²) in [6, 6.07) is 7.56. The first-order chi connectivity index (χ1) is 13.0. The Morgan fingerprint density at radius 1 is 1.21 bits per heavy atom. The third-order valence-electron chi connectivity index (χ3n) is 5.26. The van der Waals surface area contributed by atoms with E-state index in [4.69, 9.17) is 19.4 Å². The van der Waals surface area contributed by atoms with E-state index >= 15 is 0 Å². The molecule has 1 aliphatic carbocycles. The number of halogens is 1. The Morgan fingerprint density at radius 2 is 2.00 bits per heavy atom. The van der Waals surface area contributed by atoms with Gasteiger partial charge in [-0.25, -0.2) is 4.98 Å². The summed E-state index contributed by atoms with van der Waals surface area (Å²) in [5.41, 5.74) is 7.79. The topological polar surface area (TPSA) is 100 Å². The van der Waals surface area contributed by atoms with E-state index in [0.29, 0.717) is 24.0 Å². The molecule has 0 aliphatic heterocycles. The summed E-state index contributed by atoms with van der Waals surface area (Å²) in [5.74, 6) is 2.69. The Balaban J connectivity index is 0.00000225. The highest BCUT2D eigenvalue weighted by Crippen LogP contribution is 2.38. The van der Waals surface area contributed by atoms with E-state index in [9.17, 15) is 0 Å². The minimum atomic E-state index is -0.294. The van der Waals surface area contributed by atoms with Gasteiger partial charge in [-0.1, -0.05) is 18.0 Å². The number of hydrogen-bond donors (Lipinski definition) is 1. The van der Waals surface area contributed by atoms with Crippen molar-refractivity contribution in [1.82, 2.24) is 15.1 Å². The monoisotopic (exact) mass is 404 g/mol. The number of nitrogens with two attached hydrogens (primary N) is 1. The van der Waals surface area contributed by atoms with Crippen molar-refractivity contribution < 1.29 is 13.7 Å². The lowest BCUT2D eigenvalue weighted by molar-refractivity contribution is 0.223. The summed E-state index contributed by atoms with van der Waals surface area (Å²) >= 11 is 0. The molecule has 0 spiro atoms. The van der Waals surface area contributed by atoms with Gasteiger partial charge in [-0.05, 0) is 44.0 Å². The second kappa shape index (κ2) is 8.32. The van der Waals surface area contributed by atoms with Gasteiger partial charge >= 0.3 is 0 Å². The van der Waals surface area contributed by atoms with Crippen LogP contribution >= 0.6 is 12.4 Å². The molecule has 150 valence electrons. The van der Waals surface area contributed by atoms with Crippen molar-refractivity contribution >= 4 is 12.4 Å². The SMILES string of the molecule is COc1ccc(-c2nc(Cc3noc(C4CCCCC4(C)N)n3)co2)cc1.Cl. The summed E-state index contributed by atoms with van der Waals surface area (Å²) < 4.78 is 16.3. The highest BCUT2D eigenvalue weighted by molar-refractivity contribution is 5.85. The first-order valence-electron chi connectivity index (χ1n) is 9.25. The van der Waals surface area contributed by atoms with Crippen molar-refractivity contribution in [2.45, 2.75) is 50.5 Å². The van der Waals surface area contributed by atoms with Gasteiger partial charge in [0.15, 0.2) is 5.82 Å². The number of ether oxygens (including phenoxy) is 1. The van der Waals surface area contributed by atoms with Gasteiger partial charge in [-0.3, -0.25) is 0 Å². The maximum Gasteiger partial charge on any atom is 0.231 e. The lowest BCUT2D eigenvalue weighted by atomic mass is 9.74. The van der Waals surface area contributed by atoms with Gasteiger partial charge in [-0.2, -0.15) is 4.98 Å². The van der Waals surface area contributed by atoms with Crippen LogP contribution in [-0.4, -0.2) is 27.8 Å². The quantitative estimate of drug-likeness (QED) is 0.682. The molecular weight excluding hydrogens is 380 g/mol. The minimum absolute atomic E-state index is 0. The van der Waals surface area contributed by atoms with Gasteiger partial charge in [0.2, 0.25) is 11.8 Å². The van der Waals surface area contributed by atoms with Crippen LogP contribution < -0.4 is 10.5 Å². The van der Waals surface area contributed by atoms with Crippen molar-refractivity contribution in [3.05, 3.63) is 47.9 Å². The van der Waals surface area contributed by atoms with Crippen LogP contribution in [0.25, 0.3) is 11.5 Å². The summed E-state index contributed by atoms with van der Waals surface area (Å²) in [6.45, 7) is 2.07. The predicted octanol–water partition coefficient (Wildman–Crippen LogP) is 4.12. The van der Waals surface area contributed by atoms with Crippen LogP contribution in [0.1, 0.15) is 55.9 Å². The summed E-state index contributed by atoms with van der Waals surface area (Å²) in [7, 11) is 1.64. The molecule has 0 radical (unpaired) electrons. The Bertz CT molecular complexity index is 904. The Labute approximate surface area is 170 Å². The Morgan fingerprint density at radius 3 is 2.71 bits per heavy atom. The lowest BCUT2D eigenvalue weighted by Gasteiger charge is -2.35. The minimum Gasteiger partial charge on any atom is -0.497 e. The van der Waals surface area contributed by atoms with E-state index in [-0.39, 0.29) is 23.9 Å². The molecule has 2 heterocycles. The molecule has 4 rings (SSSR count). The molecule has 0 amide bonds. The van der Waals surface area contributed by atoms with Crippen LogP contribution in [0.2, 0.25) is 0 Å². The molecule has 1 saturated carbocycles. The number of rotatable bonds is 5. The van der Waals surface area contributed by atoms with Crippen LogP contribution in [0.5, 0.6) is 5.75 Å². The highest BCUT2D eigenvalue weighted by atomic mass is 35.5. The Hall–Kier alpha value is -2.38. The maximum absolute atomic E-state index is 6.44. The van der Waals surface area contributed by atoms with Crippen LogP contribution in [0.4, 0.5) is 0 Å². The van der Waals surface area contributed by atoms with Gasteiger partial charge in [-0.15, -0.1) is 12.4 Å².